The van der Waals surface area contributed by atoms with Gasteiger partial charge in [0.15, 0.2) is 12.6 Å². The molecule has 1 aromatic heterocycles. The highest BCUT2D eigenvalue weighted by atomic mass is 32.2. The third-order valence-corrected chi connectivity index (χ3v) is 16.9. The minimum absolute atomic E-state index is 0.0244. The first-order valence-corrected chi connectivity index (χ1v) is 27.3. The third-order valence-electron chi connectivity index (χ3n) is 15.9. The van der Waals surface area contributed by atoms with Crippen molar-refractivity contribution in [2.45, 2.75) is 209 Å². The summed E-state index contributed by atoms with van der Waals surface area (Å²) in [4.78, 5) is 19.3. The van der Waals surface area contributed by atoms with Crippen LogP contribution in [0, 0.1) is 17.8 Å². The Morgan fingerprint density at radius 3 is 2.24 bits per heavy atom. The Bertz CT molecular complexity index is 2040. The van der Waals surface area contributed by atoms with Gasteiger partial charge in [-0.25, -0.2) is 9.07 Å². The second-order valence-corrected chi connectivity index (χ2v) is 23.3. The number of carbonyl (C=O) groups is 1. The maximum absolute atomic E-state index is 14.7. The van der Waals surface area contributed by atoms with Crippen molar-refractivity contribution in [2.24, 2.45) is 17.8 Å². The summed E-state index contributed by atoms with van der Waals surface area (Å²) >= 11 is 0. The minimum Gasteiger partial charge on any atom is -0.459 e. The maximum atomic E-state index is 14.7. The monoisotopic (exact) mass is 1040 g/mol. The van der Waals surface area contributed by atoms with Gasteiger partial charge in [0.05, 0.1) is 47.2 Å². The predicted octanol–water partition coefficient (Wildman–Crippen LogP) is 4.77. The zero-order valence-electron chi connectivity index (χ0n) is 45.5. The molecule has 4 N–H and O–H groups in total. The van der Waals surface area contributed by atoms with Gasteiger partial charge < -0.3 is 63.4 Å². The van der Waals surface area contributed by atoms with E-state index in [0.717, 1.165) is 5.56 Å². The van der Waals surface area contributed by atoms with Gasteiger partial charge in [0.1, 0.15) is 42.7 Å². The summed E-state index contributed by atoms with van der Waals surface area (Å²) in [5, 5.41) is 56.2. The largest absolute Gasteiger partial charge is 0.459 e. The van der Waals surface area contributed by atoms with Crippen molar-refractivity contribution in [1.29, 1.82) is 0 Å². The van der Waals surface area contributed by atoms with Crippen LogP contribution in [0.4, 0.5) is 4.39 Å². The Labute approximate surface area is 430 Å². The first-order chi connectivity index (χ1) is 33.7. The van der Waals surface area contributed by atoms with Crippen LogP contribution in [0.15, 0.2) is 35.4 Å². The Balaban J connectivity index is 1.42. The Morgan fingerprint density at radius 2 is 1.64 bits per heavy atom. The molecule has 5 rings (SSSR count). The predicted molar refractivity (Wildman–Crippen MR) is 269 cm³/mol. The van der Waals surface area contributed by atoms with E-state index < -0.39 is 119 Å². The van der Waals surface area contributed by atoms with Crippen molar-refractivity contribution in [2.75, 3.05) is 54.3 Å². The van der Waals surface area contributed by atoms with Gasteiger partial charge in [0.2, 0.25) is 0 Å². The number of benzene rings is 1. The standard InChI is InChI=1S/C52H88FN5O13S/c1-16-41-52(10,63)46(59)34(6)57(12)28-30(2)25-50(8,62)48(32(4)44(33(5)49(61)69-41)70-43-26-51(9,66-14)47(60)35(7)68-43)71-42-24-38(23-31(3)67-42)56(11)22-21-37-29-58(55-54-37)40(27-53)45(65-13)36-17-19-39(20-18-36)72(15)64/h17-20,29-35,38,40-48,59-60,62-63H,16,21-28H2,1-15H3/t30-,31-,32?,33-,34-,35+,38+,40-,41-,42+,43+,44+,45-,46-,47+,48-,50-,51-,52-,72?/m1/s1. The van der Waals surface area contributed by atoms with Crippen LogP contribution in [0.25, 0.3) is 0 Å². The Kier molecular flexibility index (Phi) is 21.4. The number of aliphatic hydroxyl groups excluding tert-OH is 2. The van der Waals surface area contributed by atoms with Gasteiger partial charge in [-0.3, -0.25) is 9.00 Å². The smallest absolute Gasteiger partial charge is 0.311 e. The van der Waals surface area contributed by atoms with E-state index in [1.807, 2.05) is 46.7 Å². The highest BCUT2D eigenvalue weighted by Gasteiger charge is 2.52. The topological polar surface area (TPSA) is 217 Å². The average Bonchev–Trinajstić information content (AvgIpc) is 3.80. The number of likely N-dealkylation sites (N-methyl/N-ethyl adjacent to an activating group) is 2. The fourth-order valence-electron chi connectivity index (χ4n) is 11.3. The Morgan fingerprint density at radius 1 is 0.972 bits per heavy atom. The lowest BCUT2D eigenvalue weighted by molar-refractivity contribution is -0.308. The van der Waals surface area contributed by atoms with Crippen molar-refractivity contribution >= 4 is 16.8 Å². The number of aliphatic hydroxyl groups is 4. The first kappa shape index (κ1) is 60.3. The lowest BCUT2D eigenvalue weighted by Gasteiger charge is -2.48. The molecule has 2 unspecified atom stereocenters. The van der Waals surface area contributed by atoms with Crippen LogP contribution in [0.1, 0.15) is 125 Å². The molecule has 0 amide bonds. The summed E-state index contributed by atoms with van der Waals surface area (Å²) in [5.74, 6) is -2.58. The molecule has 3 saturated heterocycles. The minimum atomic E-state index is -1.82. The lowest BCUT2D eigenvalue weighted by Crippen LogP contribution is -2.59. The van der Waals surface area contributed by atoms with Crippen LogP contribution in [-0.4, -0.2) is 194 Å². The molecule has 20 heteroatoms. The van der Waals surface area contributed by atoms with Crippen molar-refractivity contribution < 1.29 is 67.0 Å². The van der Waals surface area contributed by atoms with E-state index in [4.69, 9.17) is 33.2 Å². The summed E-state index contributed by atoms with van der Waals surface area (Å²) in [5.41, 5.74) is -3.01. The van der Waals surface area contributed by atoms with Crippen LogP contribution in [0.3, 0.4) is 0 Å². The molecular weight excluding hydrogens is 954 g/mol. The fraction of sp³-hybridized carbons (Fsp3) is 0.827. The second kappa shape index (κ2) is 25.5. The van der Waals surface area contributed by atoms with E-state index in [2.05, 4.69) is 15.2 Å². The molecule has 0 bridgehead atoms. The highest BCUT2D eigenvalue weighted by molar-refractivity contribution is 7.84. The molecule has 20 atom stereocenters. The first-order valence-electron chi connectivity index (χ1n) is 25.7. The van der Waals surface area contributed by atoms with Gasteiger partial charge in [0, 0.05) is 92.7 Å². The van der Waals surface area contributed by atoms with E-state index in [0.29, 0.717) is 42.9 Å². The van der Waals surface area contributed by atoms with E-state index in [9.17, 15) is 33.8 Å². The number of aromatic nitrogens is 3. The van der Waals surface area contributed by atoms with Crippen molar-refractivity contribution in [3.63, 3.8) is 0 Å². The molecule has 0 saturated carbocycles. The highest BCUT2D eigenvalue weighted by Crippen LogP contribution is 2.40. The van der Waals surface area contributed by atoms with Crippen LogP contribution < -0.4 is 0 Å². The third kappa shape index (κ3) is 14.3. The van der Waals surface area contributed by atoms with E-state index in [1.54, 1.807) is 71.3 Å². The van der Waals surface area contributed by atoms with Crippen LogP contribution >= 0.6 is 0 Å². The SMILES string of the molecule is CC[C@H]1OC(=O)[C@H](C)[C@@H](O[C@H]2C[C@@](C)(OC)[C@@H](O)[C@H](C)O2)C(C)[C@@H](O[C@H]2C[C@@H](N(C)CCc3cn([C@H](CF)[C@H](OC)c4ccc(S(C)=O)cc4)nn3)C[C@@H](C)O2)[C@](C)(O)C[C@@H](C)CN(C)[C@H](C)[C@@H](O)[C@]1(C)O. The van der Waals surface area contributed by atoms with Gasteiger partial charge in [-0.15, -0.1) is 5.10 Å². The van der Waals surface area contributed by atoms with Crippen molar-refractivity contribution in [3.05, 3.63) is 41.7 Å². The molecule has 1 aromatic carbocycles. The summed E-state index contributed by atoms with van der Waals surface area (Å²) in [7, 11) is 5.76. The number of nitrogens with zero attached hydrogens (tertiary/aromatic N) is 5. The molecule has 18 nitrogen and oxygen atoms in total. The summed E-state index contributed by atoms with van der Waals surface area (Å²) in [6.45, 7) is 18.1. The summed E-state index contributed by atoms with van der Waals surface area (Å²) in [6.07, 6.45) is -3.12. The molecule has 3 fully saturated rings. The number of methoxy groups -OCH3 is 2. The van der Waals surface area contributed by atoms with E-state index in [-0.39, 0.29) is 37.3 Å². The average molecular weight is 1040 g/mol. The van der Waals surface area contributed by atoms with Gasteiger partial charge in [0.25, 0.3) is 0 Å². The van der Waals surface area contributed by atoms with Crippen molar-refractivity contribution in [3.8, 4) is 0 Å². The molecule has 0 aliphatic carbocycles. The molecule has 0 radical (unpaired) electrons. The molecule has 3 aliphatic rings. The number of carbonyl (C=O) groups excluding carboxylic acids is 1. The molecule has 2 aromatic rings. The number of rotatable bonds is 16. The van der Waals surface area contributed by atoms with E-state index in [1.165, 1.54) is 25.8 Å². The number of alkyl halides is 1. The van der Waals surface area contributed by atoms with Crippen LogP contribution in [-0.2, 0) is 55.2 Å². The zero-order valence-corrected chi connectivity index (χ0v) is 46.3. The van der Waals surface area contributed by atoms with Crippen LogP contribution in [0.5, 0.6) is 0 Å². The fourth-order valence-corrected chi connectivity index (χ4v) is 11.9. The molecule has 4 heterocycles. The number of hydrogen-bond acceptors (Lipinski definition) is 17. The molecule has 412 valence electrons. The molecule has 3 aliphatic heterocycles. The van der Waals surface area contributed by atoms with Gasteiger partial charge in [-0.1, -0.05) is 38.1 Å². The maximum Gasteiger partial charge on any atom is 0.311 e. The second-order valence-electron chi connectivity index (χ2n) is 21.9. The summed E-state index contributed by atoms with van der Waals surface area (Å²) < 4.78 is 72.6. The Hall–Kier alpha value is -2.57. The normalized spacial score (nSPS) is 39.4. The number of esters is 1. The van der Waals surface area contributed by atoms with Crippen molar-refractivity contribution in [1.82, 2.24) is 24.8 Å². The number of ether oxygens (including phenoxy) is 7. The summed E-state index contributed by atoms with van der Waals surface area (Å²) in [6, 6.07) is 5.72. The number of hydrogen-bond donors (Lipinski definition) is 4. The number of halogens is 1. The van der Waals surface area contributed by atoms with Crippen LogP contribution in [0.2, 0.25) is 0 Å². The number of cyclic esters (lactones) is 1. The molecule has 0 spiro atoms. The lowest BCUT2D eigenvalue weighted by atomic mass is 9.77. The quantitative estimate of drug-likeness (QED) is 0.167. The zero-order chi connectivity index (χ0) is 53.6. The van der Waals surface area contributed by atoms with Gasteiger partial charge in [-0.2, -0.15) is 0 Å². The van der Waals surface area contributed by atoms with Gasteiger partial charge in [-0.05, 0) is 105 Å². The van der Waals surface area contributed by atoms with E-state index >= 15 is 0 Å². The molecular formula is C52H88FN5O13S. The van der Waals surface area contributed by atoms with Gasteiger partial charge >= 0.3 is 5.97 Å². The molecule has 72 heavy (non-hydrogen) atoms.